The highest BCUT2D eigenvalue weighted by Gasteiger charge is 2.15. The Bertz CT molecular complexity index is 2590. The summed E-state index contributed by atoms with van der Waals surface area (Å²) in [6, 6.07) is 40.2. The number of unbranched alkanes of at least 4 members (excludes halogenated alkanes) is 18. The Morgan fingerprint density at radius 2 is 0.568 bits per heavy atom. The van der Waals surface area contributed by atoms with Crippen LogP contribution in [0.15, 0.2) is 146 Å². The van der Waals surface area contributed by atoms with Crippen molar-refractivity contribution in [2.24, 2.45) is 0 Å². The minimum atomic E-state index is -0.577. The molecule has 0 bridgehead atoms. The van der Waals surface area contributed by atoms with E-state index in [1.165, 1.54) is 115 Å². The molecule has 10 heteroatoms. The highest BCUT2D eigenvalue weighted by molar-refractivity contribution is 5.94. The van der Waals surface area contributed by atoms with Crippen LogP contribution in [0, 0.1) is 0 Å². The summed E-state index contributed by atoms with van der Waals surface area (Å²) in [4.78, 5) is 51.8. The Balaban J connectivity index is 0.873. The third-order valence-corrected chi connectivity index (χ3v) is 12.8. The zero-order valence-electron chi connectivity index (χ0n) is 43.5. The molecule has 0 unspecified atom stereocenters. The molecule has 0 aliphatic heterocycles. The van der Waals surface area contributed by atoms with Crippen LogP contribution in [0.2, 0.25) is 0 Å². The molecule has 0 atom stereocenters. The van der Waals surface area contributed by atoms with Gasteiger partial charge in [-0.15, -0.1) is 0 Å². The molecule has 6 aromatic rings. The van der Waals surface area contributed by atoms with Crippen molar-refractivity contribution in [1.29, 1.82) is 0 Å². The average Bonchev–Trinajstić information content (AvgIpc) is 3.42. The predicted octanol–water partition coefficient (Wildman–Crippen LogP) is 16.8. The van der Waals surface area contributed by atoms with Gasteiger partial charge in [0.2, 0.25) is 0 Å². The number of rotatable bonds is 33. The first-order valence-corrected chi connectivity index (χ1v) is 27.0. The van der Waals surface area contributed by atoms with Gasteiger partial charge in [0.15, 0.2) is 0 Å². The van der Waals surface area contributed by atoms with E-state index >= 15 is 0 Å². The second-order valence-electron chi connectivity index (χ2n) is 18.8. The van der Waals surface area contributed by atoms with Gasteiger partial charge in [-0.3, -0.25) is 0 Å². The molecule has 0 aliphatic carbocycles. The number of hydrogen-bond acceptors (Lipinski definition) is 10. The molecule has 6 aromatic carbocycles. The maximum absolute atomic E-state index is 13.1. The zero-order chi connectivity index (χ0) is 52.0. The van der Waals surface area contributed by atoms with Crippen LogP contribution in [0.3, 0.4) is 0 Å². The van der Waals surface area contributed by atoms with Crippen LogP contribution in [-0.2, 0) is 0 Å². The predicted molar refractivity (Wildman–Crippen MR) is 292 cm³/mol. The Morgan fingerprint density at radius 3 is 0.905 bits per heavy atom. The molecular formula is C64H74O10. The van der Waals surface area contributed by atoms with Gasteiger partial charge in [-0.2, -0.15) is 0 Å². The smallest absolute Gasteiger partial charge is 0.343 e. The molecule has 0 amide bonds. The lowest BCUT2D eigenvalue weighted by molar-refractivity contribution is 0.0720. The van der Waals surface area contributed by atoms with Gasteiger partial charge in [0.25, 0.3) is 0 Å². The van der Waals surface area contributed by atoms with Gasteiger partial charge in [-0.1, -0.05) is 154 Å². The molecule has 0 heterocycles. The third kappa shape index (κ3) is 20.0. The van der Waals surface area contributed by atoms with Crippen molar-refractivity contribution in [3.05, 3.63) is 168 Å². The van der Waals surface area contributed by atoms with Crippen LogP contribution in [0.25, 0.3) is 11.1 Å². The van der Waals surface area contributed by atoms with Crippen molar-refractivity contribution in [2.75, 3.05) is 13.2 Å². The minimum absolute atomic E-state index is 0.280. The summed E-state index contributed by atoms with van der Waals surface area (Å²) in [5.74, 6) is 0.482. The van der Waals surface area contributed by atoms with Gasteiger partial charge in [0.1, 0.15) is 34.5 Å². The second kappa shape index (κ2) is 32.1. The largest absolute Gasteiger partial charge is 0.494 e. The van der Waals surface area contributed by atoms with Crippen molar-refractivity contribution in [3.8, 4) is 45.6 Å². The van der Waals surface area contributed by atoms with E-state index in [9.17, 15) is 19.2 Å². The summed E-state index contributed by atoms with van der Waals surface area (Å²) in [7, 11) is 0. The summed E-state index contributed by atoms with van der Waals surface area (Å²) < 4.78 is 34.2. The van der Waals surface area contributed by atoms with E-state index in [2.05, 4.69) is 13.8 Å². The zero-order valence-corrected chi connectivity index (χ0v) is 43.5. The fourth-order valence-corrected chi connectivity index (χ4v) is 8.37. The van der Waals surface area contributed by atoms with Gasteiger partial charge >= 0.3 is 23.9 Å². The Hall–Kier alpha value is -7.20. The van der Waals surface area contributed by atoms with Gasteiger partial charge in [-0.25, -0.2) is 19.2 Å². The monoisotopic (exact) mass is 1000 g/mol. The highest BCUT2D eigenvalue weighted by atomic mass is 16.5. The topological polar surface area (TPSA) is 124 Å². The molecule has 0 spiro atoms. The van der Waals surface area contributed by atoms with Crippen LogP contribution < -0.4 is 28.4 Å². The van der Waals surface area contributed by atoms with Crippen molar-refractivity contribution < 1.29 is 47.6 Å². The molecule has 0 fully saturated rings. The summed E-state index contributed by atoms with van der Waals surface area (Å²) in [5.41, 5.74) is 2.91. The van der Waals surface area contributed by atoms with E-state index in [0.29, 0.717) is 53.1 Å². The molecule has 0 saturated carbocycles. The van der Waals surface area contributed by atoms with Crippen molar-refractivity contribution in [2.45, 2.75) is 142 Å². The van der Waals surface area contributed by atoms with Gasteiger partial charge < -0.3 is 28.4 Å². The number of ether oxygens (including phenoxy) is 6. The molecule has 6 rings (SSSR count). The van der Waals surface area contributed by atoms with E-state index in [1.807, 2.05) is 6.07 Å². The lowest BCUT2D eigenvalue weighted by atomic mass is 10.1. The van der Waals surface area contributed by atoms with E-state index in [-0.39, 0.29) is 16.9 Å². The third-order valence-electron chi connectivity index (χ3n) is 12.8. The van der Waals surface area contributed by atoms with E-state index in [1.54, 1.807) is 127 Å². The first-order valence-electron chi connectivity index (χ1n) is 27.0. The van der Waals surface area contributed by atoms with Crippen molar-refractivity contribution in [3.63, 3.8) is 0 Å². The molecule has 390 valence electrons. The van der Waals surface area contributed by atoms with Gasteiger partial charge in [0.05, 0.1) is 35.5 Å². The number of carbonyl (C=O) groups excluding carboxylic acids is 4. The lowest BCUT2D eigenvalue weighted by Gasteiger charge is -2.10. The normalized spacial score (nSPS) is 10.9. The van der Waals surface area contributed by atoms with Crippen LogP contribution in [0.5, 0.6) is 34.5 Å². The number of esters is 4. The average molecular weight is 1000 g/mol. The summed E-state index contributed by atoms with van der Waals surface area (Å²) >= 11 is 0. The first-order chi connectivity index (χ1) is 36.3. The number of carbonyl (C=O) groups is 4. The molecule has 0 saturated heterocycles. The molecule has 0 aromatic heterocycles. The van der Waals surface area contributed by atoms with E-state index in [4.69, 9.17) is 28.4 Å². The molecule has 0 N–H and O–H groups in total. The number of benzene rings is 6. The molecule has 0 radical (unpaired) electrons. The highest BCUT2D eigenvalue weighted by Crippen LogP contribution is 2.28. The van der Waals surface area contributed by atoms with Crippen LogP contribution in [0.1, 0.15) is 184 Å². The lowest BCUT2D eigenvalue weighted by Crippen LogP contribution is -2.10. The molecule has 74 heavy (non-hydrogen) atoms. The van der Waals surface area contributed by atoms with Crippen LogP contribution in [-0.4, -0.2) is 37.1 Å². The Labute approximate surface area is 438 Å². The summed E-state index contributed by atoms with van der Waals surface area (Å²) in [6.45, 7) is 5.78. The van der Waals surface area contributed by atoms with Gasteiger partial charge in [0, 0.05) is 0 Å². The standard InChI is InChI=1S/C64H74O10/c1-3-5-7-9-11-13-15-17-19-21-46-69-55-36-28-50(29-37-55)61(65)72-58-42-32-52(33-43-58)63(67)71-57-40-26-49(27-41-57)54-24-23-25-60(48-54)74-64(68)53-34-44-59(45-35-53)73-62(66)51-30-38-56(39-31-51)70-47-22-20-18-16-14-12-10-8-6-4-2/h23-45,48H,3-22,46-47H2,1-2H3. The fraction of sp³-hybridized carbons (Fsp3) is 0.375. The first kappa shape index (κ1) is 56.1. The molecule has 10 nitrogen and oxygen atoms in total. The Morgan fingerprint density at radius 1 is 0.284 bits per heavy atom. The molecular weight excluding hydrogens is 929 g/mol. The maximum atomic E-state index is 13.1. The van der Waals surface area contributed by atoms with Crippen molar-refractivity contribution in [1.82, 2.24) is 0 Å². The quantitative estimate of drug-likeness (QED) is 0.0224. The SMILES string of the molecule is CCCCCCCCCCCCOc1ccc(C(=O)Oc2ccc(C(=O)Oc3ccc(-c4cccc(OC(=O)c5ccc(OC(=O)c6ccc(OCCCCCCCCCCCC)cc6)cc5)c4)cc3)cc2)cc1. The van der Waals surface area contributed by atoms with Crippen molar-refractivity contribution >= 4 is 23.9 Å². The van der Waals surface area contributed by atoms with E-state index < -0.39 is 23.9 Å². The molecule has 0 aliphatic rings. The van der Waals surface area contributed by atoms with Crippen LogP contribution in [0.4, 0.5) is 0 Å². The minimum Gasteiger partial charge on any atom is -0.494 e. The number of hydrogen-bond donors (Lipinski definition) is 0. The summed E-state index contributed by atoms with van der Waals surface area (Å²) in [5, 5.41) is 0. The van der Waals surface area contributed by atoms with Gasteiger partial charge in [-0.05, 0) is 145 Å². The maximum Gasteiger partial charge on any atom is 0.343 e. The summed E-state index contributed by atoms with van der Waals surface area (Å²) in [6.07, 6.45) is 25.3. The Kier molecular flexibility index (Phi) is 24.3. The fourth-order valence-electron chi connectivity index (χ4n) is 8.37. The van der Waals surface area contributed by atoms with Crippen LogP contribution >= 0.6 is 0 Å². The van der Waals surface area contributed by atoms with E-state index in [0.717, 1.165) is 36.8 Å². The second-order valence-corrected chi connectivity index (χ2v) is 18.8.